The molecule has 5 nitrogen and oxygen atoms in total. The number of rotatable bonds is 3. The van der Waals surface area contributed by atoms with Crippen LogP contribution >= 0.6 is 0 Å². The molecule has 1 heterocycles. The molecular weight excluding hydrogens is 338 g/mol. The number of hydrogen-bond donors (Lipinski definition) is 1. The van der Waals surface area contributed by atoms with E-state index in [0.29, 0.717) is 13.1 Å². The van der Waals surface area contributed by atoms with Crippen molar-refractivity contribution in [3.63, 3.8) is 0 Å². The molecule has 3 rings (SSSR count). The molecule has 0 spiro atoms. The number of piperazine rings is 1. The zero-order valence-corrected chi connectivity index (χ0v) is 16.7. The number of hydrogen-bond acceptors (Lipinski definition) is 3. The Balaban J connectivity index is 1.55. The maximum atomic E-state index is 12.6. The lowest BCUT2D eigenvalue weighted by molar-refractivity contribution is 0.208. The largest absolute Gasteiger partial charge is 0.497 e. The summed E-state index contributed by atoms with van der Waals surface area (Å²) in [4.78, 5) is 16.7. The second-order valence-corrected chi connectivity index (χ2v) is 7.93. The van der Waals surface area contributed by atoms with Crippen LogP contribution in [0.25, 0.3) is 0 Å². The number of carbonyl (C=O) groups is 1. The maximum Gasteiger partial charge on any atom is 0.321 e. The van der Waals surface area contributed by atoms with Gasteiger partial charge in [-0.3, -0.25) is 0 Å². The molecule has 0 aromatic heterocycles. The Labute approximate surface area is 161 Å². The molecule has 1 N–H and O–H groups in total. The third-order valence-corrected chi connectivity index (χ3v) is 4.99. The minimum atomic E-state index is -0.0381. The quantitative estimate of drug-likeness (QED) is 0.877. The fourth-order valence-electron chi connectivity index (χ4n) is 3.23. The van der Waals surface area contributed by atoms with Crippen molar-refractivity contribution in [2.24, 2.45) is 0 Å². The molecule has 2 aromatic rings. The van der Waals surface area contributed by atoms with Crippen LogP contribution < -0.4 is 15.0 Å². The lowest BCUT2D eigenvalue weighted by atomic mass is 9.87. The van der Waals surface area contributed by atoms with Crippen molar-refractivity contribution in [3.8, 4) is 5.75 Å². The van der Waals surface area contributed by atoms with Gasteiger partial charge in [0.2, 0.25) is 0 Å². The van der Waals surface area contributed by atoms with Gasteiger partial charge in [-0.05, 0) is 35.2 Å². The van der Waals surface area contributed by atoms with Crippen LogP contribution in [0.5, 0.6) is 5.75 Å². The topological polar surface area (TPSA) is 44.8 Å². The summed E-state index contributed by atoms with van der Waals surface area (Å²) >= 11 is 0. The first kappa shape index (κ1) is 19.1. The molecule has 0 aliphatic carbocycles. The predicted octanol–water partition coefficient (Wildman–Crippen LogP) is 4.35. The molecule has 1 saturated heterocycles. The summed E-state index contributed by atoms with van der Waals surface area (Å²) in [7, 11) is 1.68. The summed E-state index contributed by atoms with van der Waals surface area (Å²) < 4.78 is 5.30. The van der Waals surface area contributed by atoms with Crippen molar-refractivity contribution in [1.29, 1.82) is 0 Å². The molecule has 0 radical (unpaired) electrons. The Morgan fingerprint density at radius 2 is 1.67 bits per heavy atom. The highest BCUT2D eigenvalue weighted by Gasteiger charge is 2.22. The molecule has 1 aliphatic heterocycles. The van der Waals surface area contributed by atoms with E-state index >= 15 is 0 Å². The number of amides is 2. The van der Waals surface area contributed by atoms with Crippen LogP contribution in [0.2, 0.25) is 0 Å². The third-order valence-electron chi connectivity index (χ3n) is 4.99. The highest BCUT2D eigenvalue weighted by atomic mass is 16.5. The van der Waals surface area contributed by atoms with Gasteiger partial charge in [-0.25, -0.2) is 4.79 Å². The molecule has 2 aromatic carbocycles. The predicted molar refractivity (Wildman–Crippen MR) is 111 cm³/mol. The van der Waals surface area contributed by atoms with Crippen LogP contribution in [0.3, 0.4) is 0 Å². The van der Waals surface area contributed by atoms with E-state index in [4.69, 9.17) is 4.74 Å². The van der Waals surface area contributed by atoms with Crippen molar-refractivity contribution in [1.82, 2.24) is 4.90 Å². The molecule has 1 fully saturated rings. The molecule has 1 aliphatic rings. The van der Waals surface area contributed by atoms with Gasteiger partial charge in [0, 0.05) is 43.6 Å². The molecule has 5 heteroatoms. The number of carbonyl (C=O) groups excluding carboxylic acids is 1. The van der Waals surface area contributed by atoms with Crippen LogP contribution in [0.1, 0.15) is 26.3 Å². The Morgan fingerprint density at radius 3 is 2.26 bits per heavy atom. The molecule has 0 saturated carbocycles. The fraction of sp³-hybridized carbons (Fsp3) is 0.409. The van der Waals surface area contributed by atoms with Crippen molar-refractivity contribution in [2.45, 2.75) is 26.2 Å². The Kier molecular flexibility index (Phi) is 5.59. The van der Waals surface area contributed by atoms with Gasteiger partial charge in [0.15, 0.2) is 0 Å². The van der Waals surface area contributed by atoms with E-state index in [-0.39, 0.29) is 11.4 Å². The lowest BCUT2D eigenvalue weighted by Crippen LogP contribution is -2.50. The van der Waals surface area contributed by atoms with Crippen molar-refractivity contribution < 1.29 is 9.53 Å². The first-order valence-electron chi connectivity index (χ1n) is 9.42. The summed E-state index contributed by atoms with van der Waals surface area (Å²) in [5, 5.41) is 3.01. The fourth-order valence-corrected chi connectivity index (χ4v) is 3.23. The normalized spacial score (nSPS) is 14.8. The van der Waals surface area contributed by atoms with E-state index in [9.17, 15) is 4.79 Å². The van der Waals surface area contributed by atoms with E-state index in [2.05, 4.69) is 49.2 Å². The van der Waals surface area contributed by atoms with E-state index in [1.807, 2.05) is 35.2 Å². The van der Waals surface area contributed by atoms with Gasteiger partial charge >= 0.3 is 6.03 Å². The number of benzene rings is 2. The number of nitrogens with zero attached hydrogens (tertiary/aromatic N) is 2. The van der Waals surface area contributed by atoms with Crippen molar-refractivity contribution in [3.05, 3.63) is 54.1 Å². The molecular formula is C22H29N3O2. The number of methoxy groups -OCH3 is 1. The second kappa shape index (κ2) is 7.91. The Bertz CT molecular complexity index is 773. The van der Waals surface area contributed by atoms with Crippen LogP contribution in [0, 0.1) is 0 Å². The van der Waals surface area contributed by atoms with Gasteiger partial charge in [-0.15, -0.1) is 0 Å². The first-order chi connectivity index (χ1) is 12.9. The average Bonchev–Trinajstić information content (AvgIpc) is 2.68. The minimum absolute atomic E-state index is 0.0381. The molecule has 0 bridgehead atoms. The first-order valence-corrected chi connectivity index (χ1v) is 9.42. The molecule has 0 unspecified atom stereocenters. The monoisotopic (exact) mass is 367 g/mol. The number of ether oxygens (including phenoxy) is 1. The van der Waals surface area contributed by atoms with Crippen LogP contribution in [-0.4, -0.2) is 44.2 Å². The van der Waals surface area contributed by atoms with Gasteiger partial charge in [-0.1, -0.05) is 39.0 Å². The Hall–Kier alpha value is -2.69. The number of nitrogens with one attached hydrogen (secondary N) is 1. The van der Waals surface area contributed by atoms with E-state index < -0.39 is 0 Å². The molecule has 27 heavy (non-hydrogen) atoms. The lowest BCUT2D eigenvalue weighted by Gasteiger charge is -2.36. The average molecular weight is 367 g/mol. The van der Waals surface area contributed by atoms with Crippen LogP contribution in [0.15, 0.2) is 48.5 Å². The summed E-state index contributed by atoms with van der Waals surface area (Å²) in [6, 6.07) is 16.1. The van der Waals surface area contributed by atoms with Gasteiger partial charge < -0.3 is 19.9 Å². The Morgan fingerprint density at radius 1 is 1.00 bits per heavy atom. The molecule has 2 amide bonds. The van der Waals surface area contributed by atoms with Crippen LogP contribution in [0.4, 0.5) is 16.2 Å². The van der Waals surface area contributed by atoms with Crippen LogP contribution in [-0.2, 0) is 5.41 Å². The van der Waals surface area contributed by atoms with Crippen molar-refractivity contribution >= 4 is 17.4 Å². The van der Waals surface area contributed by atoms with Crippen molar-refractivity contribution in [2.75, 3.05) is 43.5 Å². The number of urea groups is 1. The van der Waals surface area contributed by atoms with Gasteiger partial charge in [0.1, 0.15) is 5.75 Å². The second-order valence-electron chi connectivity index (χ2n) is 7.93. The number of anilines is 2. The van der Waals surface area contributed by atoms with Gasteiger partial charge in [-0.2, -0.15) is 0 Å². The SMILES string of the molecule is COc1cccc(N2CCN(C(=O)Nc3ccc(C(C)(C)C)cc3)CC2)c1. The minimum Gasteiger partial charge on any atom is -0.497 e. The summed E-state index contributed by atoms with van der Waals surface area (Å²) in [5.41, 5.74) is 3.33. The zero-order chi connectivity index (χ0) is 19.4. The van der Waals surface area contributed by atoms with E-state index in [1.54, 1.807) is 7.11 Å². The zero-order valence-electron chi connectivity index (χ0n) is 16.7. The summed E-state index contributed by atoms with van der Waals surface area (Å²) in [6.45, 7) is 9.56. The maximum absolute atomic E-state index is 12.6. The van der Waals surface area contributed by atoms with E-state index in [0.717, 1.165) is 30.2 Å². The standard InChI is InChI=1S/C22H29N3O2/c1-22(2,3)17-8-10-18(11-9-17)23-21(26)25-14-12-24(13-15-25)19-6-5-7-20(16-19)27-4/h5-11,16H,12-15H2,1-4H3,(H,23,26). The third kappa shape index (κ3) is 4.73. The summed E-state index contributed by atoms with van der Waals surface area (Å²) in [5.74, 6) is 0.853. The van der Waals surface area contributed by atoms with E-state index in [1.165, 1.54) is 5.56 Å². The molecule has 0 atom stereocenters. The highest BCUT2D eigenvalue weighted by Crippen LogP contribution is 2.24. The summed E-state index contributed by atoms with van der Waals surface area (Å²) in [6.07, 6.45) is 0. The highest BCUT2D eigenvalue weighted by molar-refractivity contribution is 5.89. The van der Waals surface area contributed by atoms with Gasteiger partial charge in [0.05, 0.1) is 7.11 Å². The smallest absolute Gasteiger partial charge is 0.321 e. The molecule has 144 valence electrons. The van der Waals surface area contributed by atoms with Gasteiger partial charge in [0.25, 0.3) is 0 Å².